The number of amides is 1. The lowest BCUT2D eigenvalue weighted by molar-refractivity contribution is 0.102. The summed E-state index contributed by atoms with van der Waals surface area (Å²) in [5, 5.41) is 2.86. The van der Waals surface area contributed by atoms with Gasteiger partial charge in [-0.25, -0.2) is 14.4 Å². The van der Waals surface area contributed by atoms with Crippen LogP contribution in [-0.2, 0) is 0 Å². The van der Waals surface area contributed by atoms with E-state index in [9.17, 15) is 9.18 Å². The number of nitrogens with one attached hydrogen (secondary N) is 1. The zero-order valence-corrected chi connectivity index (χ0v) is 16.5. The van der Waals surface area contributed by atoms with Crippen molar-refractivity contribution >= 4 is 11.6 Å². The van der Waals surface area contributed by atoms with Gasteiger partial charge in [-0.3, -0.25) is 4.79 Å². The first-order valence-corrected chi connectivity index (χ1v) is 9.33. The van der Waals surface area contributed by atoms with E-state index in [2.05, 4.69) is 15.3 Å². The standard InChI is InChI=1S/C23H19FN4O2/c1-15-14-19(16(2)28(15)21-7-4-3-6-20(21)24)22(29)27-17-8-10-18(11-9-17)30-23-25-12-5-13-26-23/h3-14H,1-2H3,(H,27,29). The third-order valence-electron chi connectivity index (χ3n) is 4.63. The van der Waals surface area contributed by atoms with Gasteiger partial charge in [0.2, 0.25) is 0 Å². The predicted molar refractivity (Wildman–Crippen MR) is 112 cm³/mol. The maximum absolute atomic E-state index is 14.2. The van der Waals surface area contributed by atoms with E-state index in [4.69, 9.17) is 4.74 Å². The van der Waals surface area contributed by atoms with Crippen molar-refractivity contribution in [2.75, 3.05) is 5.32 Å². The monoisotopic (exact) mass is 402 g/mol. The van der Waals surface area contributed by atoms with Gasteiger partial charge in [-0.05, 0) is 62.4 Å². The summed E-state index contributed by atoms with van der Waals surface area (Å²) in [6, 6.07) is 17.1. The number of rotatable bonds is 5. The molecule has 0 aliphatic carbocycles. The van der Waals surface area contributed by atoms with Crippen LogP contribution >= 0.6 is 0 Å². The van der Waals surface area contributed by atoms with E-state index >= 15 is 0 Å². The van der Waals surface area contributed by atoms with Crippen molar-refractivity contribution in [1.82, 2.24) is 14.5 Å². The Morgan fingerprint density at radius 3 is 2.40 bits per heavy atom. The topological polar surface area (TPSA) is 69.0 Å². The van der Waals surface area contributed by atoms with E-state index < -0.39 is 0 Å². The van der Waals surface area contributed by atoms with Gasteiger partial charge < -0.3 is 14.6 Å². The molecule has 1 N–H and O–H groups in total. The van der Waals surface area contributed by atoms with E-state index in [1.807, 2.05) is 6.92 Å². The Hall–Kier alpha value is -4.00. The number of halogens is 1. The number of carbonyl (C=O) groups is 1. The maximum Gasteiger partial charge on any atom is 0.321 e. The maximum atomic E-state index is 14.2. The molecule has 2 heterocycles. The molecule has 4 aromatic rings. The van der Waals surface area contributed by atoms with Gasteiger partial charge in [0.25, 0.3) is 5.91 Å². The van der Waals surface area contributed by atoms with Crippen LogP contribution in [0.2, 0.25) is 0 Å². The molecular weight excluding hydrogens is 383 g/mol. The lowest BCUT2D eigenvalue weighted by Gasteiger charge is -2.11. The number of aryl methyl sites for hydroxylation is 1. The van der Waals surface area contributed by atoms with Crippen molar-refractivity contribution in [2.45, 2.75) is 13.8 Å². The molecule has 0 saturated carbocycles. The van der Waals surface area contributed by atoms with Crippen LogP contribution in [0.15, 0.2) is 73.1 Å². The molecule has 2 aromatic heterocycles. The van der Waals surface area contributed by atoms with Crippen molar-refractivity contribution < 1.29 is 13.9 Å². The van der Waals surface area contributed by atoms with Crippen LogP contribution in [-0.4, -0.2) is 20.4 Å². The van der Waals surface area contributed by atoms with E-state index in [-0.39, 0.29) is 17.7 Å². The quantitative estimate of drug-likeness (QED) is 0.506. The van der Waals surface area contributed by atoms with E-state index in [1.165, 1.54) is 6.07 Å². The number of aromatic nitrogens is 3. The fraction of sp³-hybridized carbons (Fsp3) is 0.0870. The Labute approximate surface area is 173 Å². The minimum atomic E-state index is -0.343. The average molecular weight is 402 g/mol. The lowest BCUT2D eigenvalue weighted by Crippen LogP contribution is -2.13. The number of anilines is 1. The van der Waals surface area contributed by atoms with Crippen LogP contribution in [0.4, 0.5) is 10.1 Å². The molecule has 2 aromatic carbocycles. The van der Waals surface area contributed by atoms with Crippen LogP contribution in [0, 0.1) is 19.7 Å². The minimum Gasteiger partial charge on any atom is -0.424 e. The molecule has 6 nitrogen and oxygen atoms in total. The number of nitrogens with zero attached hydrogens (tertiary/aromatic N) is 3. The molecular formula is C23H19FN4O2. The zero-order valence-electron chi connectivity index (χ0n) is 16.5. The molecule has 150 valence electrons. The normalized spacial score (nSPS) is 10.6. The molecule has 7 heteroatoms. The molecule has 0 unspecified atom stereocenters. The number of hydrogen-bond acceptors (Lipinski definition) is 4. The highest BCUT2D eigenvalue weighted by molar-refractivity contribution is 6.05. The smallest absolute Gasteiger partial charge is 0.321 e. The van der Waals surface area contributed by atoms with E-state index in [0.29, 0.717) is 28.4 Å². The van der Waals surface area contributed by atoms with Crippen molar-refractivity contribution in [3.63, 3.8) is 0 Å². The molecule has 1 amide bonds. The first-order valence-electron chi connectivity index (χ1n) is 9.33. The summed E-state index contributed by atoms with van der Waals surface area (Å²) in [7, 11) is 0. The van der Waals surface area contributed by atoms with E-state index in [1.54, 1.807) is 78.5 Å². The van der Waals surface area contributed by atoms with E-state index in [0.717, 1.165) is 5.69 Å². The number of ether oxygens (including phenoxy) is 1. The summed E-state index contributed by atoms with van der Waals surface area (Å²) in [5.74, 6) is -0.0630. The largest absolute Gasteiger partial charge is 0.424 e. The number of hydrogen-bond donors (Lipinski definition) is 1. The fourth-order valence-electron chi connectivity index (χ4n) is 3.24. The second-order valence-electron chi connectivity index (χ2n) is 6.68. The molecule has 0 radical (unpaired) electrons. The first-order chi connectivity index (χ1) is 14.5. The van der Waals surface area contributed by atoms with Gasteiger partial charge in [-0.2, -0.15) is 0 Å². The van der Waals surface area contributed by atoms with Gasteiger partial charge in [0.05, 0.1) is 11.3 Å². The first kappa shape index (κ1) is 19.3. The highest BCUT2D eigenvalue weighted by atomic mass is 19.1. The predicted octanol–water partition coefficient (Wildman–Crippen LogP) is 5.07. The Bertz CT molecular complexity index is 1190. The Morgan fingerprint density at radius 1 is 1.00 bits per heavy atom. The van der Waals surface area contributed by atoms with Crippen molar-refractivity contribution in [3.05, 3.63) is 95.8 Å². The summed E-state index contributed by atoms with van der Waals surface area (Å²) in [6.45, 7) is 3.64. The second-order valence-corrected chi connectivity index (χ2v) is 6.68. The van der Waals surface area contributed by atoms with Gasteiger partial charge in [0, 0.05) is 29.5 Å². The number of carbonyl (C=O) groups excluding carboxylic acids is 1. The van der Waals surface area contributed by atoms with Crippen molar-refractivity contribution in [2.24, 2.45) is 0 Å². The zero-order chi connectivity index (χ0) is 21.1. The summed E-state index contributed by atoms with van der Waals surface area (Å²) < 4.78 is 21.5. The van der Waals surface area contributed by atoms with Gasteiger partial charge in [0.15, 0.2) is 0 Å². The molecule has 0 saturated heterocycles. The Balaban J connectivity index is 1.52. The number of para-hydroxylation sites is 1. The summed E-state index contributed by atoms with van der Waals surface area (Å²) >= 11 is 0. The van der Waals surface area contributed by atoms with Gasteiger partial charge in [-0.1, -0.05) is 12.1 Å². The SMILES string of the molecule is Cc1cc(C(=O)Nc2ccc(Oc3ncccn3)cc2)c(C)n1-c1ccccc1F. The highest BCUT2D eigenvalue weighted by Gasteiger charge is 2.18. The molecule has 0 spiro atoms. The number of benzene rings is 2. The second kappa shape index (κ2) is 8.16. The Kier molecular flexibility index (Phi) is 5.26. The van der Waals surface area contributed by atoms with Gasteiger partial charge in [-0.15, -0.1) is 0 Å². The van der Waals surface area contributed by atoms with Crippen LogP contribution in [0.3, 0.4) is 0 Å². The summed E-state index contributed by atoms with van der Waals surface area (Å²) in [6.07, 6.45) is 3.18. The molecule has 0 aliphatic rings. The molecule has 4 rings (SSSR count). The highest BCUT2D eigenvalue weighted by Crippen LogP contribution is 2.24. The molecule has 0 fully saturated rings. The average Bonchev–Trinajstić information content (AvgIpc) is 3.05. The van der Waals surface area contributed by atoms with Crippen molar-refractivity contribution in [1.29, 1.82) is 0 Å². The lowest BCUT2D eigenvalue weighted by atomic mass is 10.2. The Morgan fingerprint density at radius 2 is 1.70 bits per heavy atom. The molecule has 0 bridgehead atoms. The molecule has 0 aliphatic heterocycles. The minimum absolute atomic E-state index is 0.245. The summed E-state index contributed by atoms with van der Waals surface area (Å²) in [5.41, 5.74) is 2.94. The van der Waals surface area contributed by atoms with Crippen LogP contribution in [0.1, 0.15) is 21.7 Å². The van der Waals surface area contributed by atoms with Crippen LogP contribution < -0.4 is 10.1 Å². The van der Waals surface area contributed by atoms with Gasteiger partial charge in [0.1, 0.15) is 11.6 Å². The molecule has 30 heavy (non-hydrogen) atoms. The third-order valence-corrected chi connectivity index (χ3v) is 4.63. The van der Waals surface area contributed by atoms with Crippen LogP contribution in [0.5, 0.6) is 11.8 Å². The van der Waals surface area contributed by atoms with Crippen molar-refractivity contribution in [3.8, 4) is 17.4 Å². The fourth-order valence-corrected chi connectivity index (χ4v) is 3.24. The summed E-state index contributed by atoms with van der Waals surface area (Å²) in [4.78, 5) is 20.8. The molecule has 0 atom stereocenters. The van der Waals surface area contributed by atoms with Crippen LogP contribution in [0.25, 0.3) is 5.69 Å². The van der Waals surface area contributed by atoms with Gasteiger partial charge >= 0.3 is 6.01 Å². The third kappa shape index (κ3) is 3.91.